The topological polar surface area (TPSA) is 46.5 Å². The second kappa shape index (κ2) is 3.33. The molecule has 54 valence electrons. The van der Waals surface area contributed by atoms with E-state index < -0.39 is 6.16 Å². The highest BCUT2D eigenvalue weighted by Crippen LogP contribution is 2.04. The molecule has 0 rings (SSSR count). The quantitative estimate of drug-likeness (QED) is 0.582. The van der Waals surface area contributed by atoms with Gasteiger partial charge in [0.2, 0.25) is 0 Å². The summed E-state index contributed by atoms with van der Waals surface area (Å²) in [5.41, 5.74) is 0. The summed E-state index contributed by atoms with van der Waals surface area (Å²) in [6.07, 6.45) is -1.40. The summed E-state index contributed by atoms with van der Waals surface area (Å²) >= 11 is 0. The maximum atomic E-state index is 9.89. The van der Waals surface area contributed by atoms with E-state index >= 15 is 0 Å². The predicted molar refractivity (Wildman–Crippen MR) is 33.4 cm³/mol. The van der Waals surface area contributed by atoms with E-state index in [9.17, 15) is 4.79 Å². The maximum absolute atomic E-state index is 9.89. The van der Waals surface area contributed by atoms with Gasteiger partial charge in [-0.15, -0.1) is 0 Å². The summed E-state index contributed by atoms with van der Waals surface area (Å²) < 4.78 is 4.43. The SMILES string of the molecule is CC(C)[C@@H](C)OC(=O)O. The van der Waals surface area contributed by atoms with Gasteiger partial charge in [0.05, 0.1) is 0 Å². The van der Waals surface area contributed by atoms with Gasteiger partial charge in [-0.25, -0.2) is 4.79 Å². The number of ether oxygens (including phenoxy) is 1. The molecule has 1 atom stereocenters. The van der Waals surface area contributed by atoms with Crippen molar-refractivity contribution >= 4 is 6.16 Å². The van der Waals surface area contributed by atoms with Crippen LogP contribution in [0.25, 0.3) is 0 Å². The Hall–Kier alpha value is -0.730. The highest BCUT2D eigenvalue weighted by Gasteiger charge is 2.10. The van der Waals surface area contributed by atoms with Gasteiger partial charge in [0.25, 0.3) is 0 Å². The van der Waals surface area contributed by atoms with E-state index in [0.717, 1.165) is 0 Å². The predicted octanol–water partition coefficient (Wildman–Crippen LogP) is 1.73. The van der Waals surface area contributed by atoms with E-state index in [0.29, 0.717) is 0 Å². The molecule has 0 spiro atoms. The molecular weight excluding hydrogens is 120 g/mol. The molecular formula is C6H12O3. The van der Waals surface area contributed by atoms with Crippen molar-refractivity contribution in [3.8, 4) is 0 Å². The first kappa shape index (κ1) is 8.27. The first-order valence-electron chi connectivity index (χ1n) is 2.93. The van der Waals surface area contributed by atoms with Crippen molar-refractivity contribution in [3.63, 3.8) is 0 Å². The summed E-state index contributed by atoms with van der Waals surface area (Å²) in [7, 11) is 0. The third-order valence-corrected chi connectivity index (χ3v) is 1.23. The van der Waals surface area contributed by atoms with Crippen molar-refractivity contribution in [3.05, 3.63) is 0 Å². The molecule has 0 bridgehead atoms. The van der Waals surface area contributed by atoms with Crippen molar-refractivity contribution < 1.29 is 14.6 Å². The molecule has 0 aliphatic carbocycles. The van der Waals surface area contributed by atoms with Crippen LogP contribution in [0.2, 0.25) is 0 Å². The average Bonchev–Trinajstić information content (AvgIpc) is 1.63. The van der Waals surface area contributed by atoms with Crippen LogP contribution in [0.4, 0.5) is 4.79 Å². The van der Waals surface area contributed by atoms with Crippen LogP contribution < -0.4 is 0 Å². The first-order chi connectivity index (χ1) is 4.04. The van der Waals surface area contributed by atoms with Crippen LogP contribution in [0.3, 0.4) is 0 Å². The molecule has 3 nitrogen and oxygen atoms in total. The molecule has 0 fully saturated rings. The summed E-state index contributed by atoms with van der Waals surface area (Å²) in [4.78, 5) is 9.89. The monoisotopic (exact) mass is 132 g/mol. The number of carbonyl (C=O) groups is 1. The molecule has 0 heterocycles. The minimum atomic E-state index is -1.20. The summed E-state index contributed by atoms with van der Waals surface area (Å²) in [5, 5.41) is 8.11. The number of rotatable bonds is 2. The van der Waals surface area contributed by atoms with Crippen LogP contribution in [0.5, 0.6) is 0 Å². The van der Waals surface area contributed by atoms with Crippen LogP contribution >= 0.6 is 0 Å². The highest BCUT2D eigenvalue weighted by molar-refractivity contribution is 5.57. The zero-order valence-corrected chi connectivity index (χ0v) is 5.92. The molecule has 9 heavy (non-hydrogen) atoms. The van der Waals surface area contributed by atoms with Gasteiger partial charge in [-0.1, -0.05) is 13.8 Å². The lowest BCUT2D eigenvalue weighted by atomic mass is 10.1. The van der Waals surface area contributed by atoms with E-state index in [2.05, 4.69) is 4.74 Å². The Labute approximate surface area is 54.6 Å². The first-order valence-corrected chi connectivity index (χ1v) is 2.93. The van der Waals surface area contributed by atoms with Gasteiger partial charge in [-0.05, 0) is 12.8 Å². The zero-order chi connectivity index (χ0) is 7.44. The average molecular weight is 132 g/mol. The molecule has 0 saturated heterocycles. The molecule has 0 radical (unpaired) electrons. The molecule has 0 aromatic rings. The second-order valence-corrected chi connectivity index (χ2v) is 2.33. The number of hydrogen-bond donors (Lipinski definition) is 1. The Morgan fingerprint density at radius 1 is 1.44 bits per heavy atom. The van der Waals surface area contributed by atoms with E-state index in [-0.39, 0.29) is 12.0 Å². The number of carboxylic acid groups (broad SMARTS) is 1. The number of hydrogen-bond acceptors (Lipinski definition) is 2. The minimum Gasteiger partial charge on any atom is -0.450 e. The Bertz CT molecular complexity index is 98.5. The van der Waals surface area contributed by atoms with Crippen LogP contribution in [0.15, 0.2) is 0 Å². The van der Waals surface area contributed by atoms with Crippen molar-refractivity contribution in [1.82, 2.24) is 0 Å². The summed E-state index contributed by atoms with van der Waals surface area (Å²) in [5.74, 6) is 0.251. The second-order valence-electron chi connectivity index (χ2n) is 2.33. The Balaban J connectivity index is 3.50. The van der Waals surface area contributed by atoms with Gasteiger partial charge in [0.15, 0.2) is 0 Å². The smallest absolute Gasteiger partial charge is 0.450 e. The van der Waals surface area contributed by atoms with Crippen molar-refractivity contribution in [1.29, 1.82) is 0 Å². The van der Waals surface area contributed by atoms with Gasteiger partial charge >= 0.3 is 6.16 Å². The third-order valence-electron chi connectivity index (χ3n) is 1.23. The lowest BCUT2D eigenvalue weighted by Crippen LogP contribution is -2.18. The fourth-order valence-corrected chi connectivity index (χ4v) is 0.295. The normalized spacial score (nSPS) is 13.3. The third kappa shape index (κ3) is 3.82. The maximum Gasteiger partial charge on any atom is 0.506 e. The van der Waals surface area contributed by atoms with Crippen LogP contribution in [0, 0.1) is 5.92 Å². The Kier molecular flexibility index (Phi) is 3.06. The van der Waals surface area contributed by atoms with Gasteiger partial charge in [-0.2, -0.15) is 0 Å². The molecule has 0 amide bonds. The van der Waals surface area contributed by atoms with E-state index in [1.54, 1.807) is 6.92 Å². The van der Waals surface area contributed by atoms with E-state index in [4.69, 9.17) is 5.11 Å². The molecule has 0 aromatic heterocycles. The molecule has 0 saturated carbocycles. The molecule has 1 N–H and O–H groups in total. The summed E-state index contributed by atoms with van der Waals surface area (Å²) in [6, 6.07) is 0. The molecule has 0 aliphatic heterocycles. The Morgan fingerprint density at radius 2 is 1.89 bits per heavy atom. The zero-order valence-electron chi connectivity index (χ0n) is 5.92. The van der Waals surface area contributed by atoms with Gasteiger partial charge in [0.1, 0.15) is 6.10 Å². The van der Waals surface area contributed by atoms with E-state index in [1.165, 1.54) is 0 Å². The molecule has 0 aromatic carbocycles. The standard InChI is InChI=1S/C6H12O3/c1-4(2)5(3)9-6(7)8/h4-5H,1-3H3,(H,7,8)/t5-/m1/s1. The van der Waals surface area contributed by atoms with Crippen molar-refractivity contribution in [2.75, 3.05) is 0 Å². The molecule has 0 aliphatic rings. The fraction of sp³-hybridized carbons (Fsp3) is 0.833. The van der Waals surface area contributed by atoms with Crippen molar-refractivity contribution in [2.24, 2.45) is 5.92 Å². The van der Waals surface area contributed by atoms with E-state index in [1.807, 2.05) is 13.8 Å². The van der Waals surface area contributed by atoms with Gasteiger partial charge < -0.3 is 9.84 Å². The lowest BCUT2D eigenvalue weighted by molar-refractivity contribution is 0.0405. The van der Waals surface area contributed by atoms with Crippen LogP contribution in [-0.4, -0.2) is 17.4 Å². The van der Waals surface area contributed by atoms with Crippen molar-refractivity contribution in [2.45, 2.75) is 26.9 Å². The highest BCUT2D eigenvalue weighted by atomic mass is 16.7. The lowest BCUT2D eigenvalue weighted by Gasteiger charge is -2.12. The van der Waals surface area contributed by atoms with Gasteiger partial charge in [-0.3, -0.25) is 0 Å². The molecule has 3 heteroatoms. The van der Waals surface area contributed by atoms with Crippen LogP contribution in [-0.2, 0) is 4.74 Å². The Morgan fingerprint density at radius 3 is 2.00 bits per heavy atom. The molecule has 0 unspecified atom stereocenters. The summed E-state index contributed by atoms with van der Waals surface area (Å²) in [6.45, 7) is 5.56. The minimum absolute atomic E-state index is 0.206. The van der Waals surface area contributed by atoms with Crippen LogP contribution in [0.1, 0.15) is 20.8 Å². The fourth-order valence-electron chi connectivity index (χ4n) is 0.295. The van der Waals surface area contributed by atoms with Gasteiger partial charge in [0, 0.05) is 0 Å². The largest absolute Gasteiger partial charge is 0.506 e.